The van der Waals surface area contributed by atoms with Crippen LogP contribution in [0.2, 0.25) is 0 Å². The van der Waals surface area contributed by atoms with Crippen LogP contribution in [0.3, 0.4) is 0 Å². The fraction of sp³-hybridized carbons (Fsp3) is 0.211. The Hall–Kier alpha value is -2.87. The summed E-state index contributed by atoms with van der Waals surface area (Å²) in [5.41, 5.74) is 1.20. The van der Waals surface area contributed by atoms with Crippen molar-refractivity contribution in [2.75, 3.05) is 23.4 Å². The summed E-state index contributed by atoms with van der Waals surface area (Å²) in [6.45, 7) is 2.43. The number of hydrogen-bond donors (Lipinski definition) is 0. The molecule has 3 aromatic rings. The zero-order valence-electron chi connectivity index (χ0n) is 14.9. The smallest absolute Gasteiger partial charge is 0.294 e. The number of hydrogen-bond acceptors (Lipinski definition) is 4. The maximum absolute atomic E-state index is 13.4. The molecular weight excluding hydrogens is 370 g/mol. The molecule has 2 aromatic carbocycles. The molecular formula is C19H18F2N4OS. The van der Waals surface area contributed by atoms with Gasteiger partial charge in [0.15, 0.2) is 0 Å². The number of benzene rings is 2. The van der Waals surface area contributed by atoms with Crippen molar-refractivity contribution in [2.24, 2.45) is 0 Å². The van der Waals surface area contributed by atoms with E-state index in [0.717, 1.165) is 6.42 Å². The van der Waals surface area contributed by atoms with Crippen LogP contribution in [0.15, 0.2) is 48.5 Å². The third-order valence-corrected chi connectivity index (χ3v) is 4.92. The summed E-state index contributed by atoms with van der Waals surface area (Å²) in [7, 11) is 1.60. The summed E-state index contributed by atoms with van der Waals surface area (Å²) in [5, 5.41) is 9.03. The Bertz CT molecular complexity index is 929. The van der Waals surface area contributed by atoms with E-state index in [0.29, 0.717) is 27.9 Å². The molecule has 0 atom stereocenters. The van der Waals surface area contributed by atoms with Crippen LogP contribution in [0.4, 0.5) is 24.4 Å². The van der Waals surface area contributed by atoms with Gasteiger partial charge in [-0.15, -0.1) is 10.2 Å². The van der Waals surface area contributed by atoms with Crippen molar-refractivity contribution < 1.29 is 13.6 Å². The molecule has 2 amide bonds. The molecule has 1 heterocycles. The van der Waals surface area contributed by atoms with E-state index in [-0.39, 0.29) is 17.7 Å². The van der Waals surface area contributed by atoms with Gasteiger partial charge in [-0.3, -0.25) is 9.80 Å². The average Bonchev–Trinajstić information content (AvgIpc) is 3.16. The molecule has 0 radical (unpaired) electrons. The van der Waals surface area contributed by atoms with Gasteiger partial charge in [-0.1, -0.05) is 30.4 Å². The molecule has 0 aliphatic carbocycles. The maximum atomic E-state index is 13.4. The Kier molecular flexibility index (Phi) is 5.75. The molecule has 0 spiro atoms. The van der Waals surface area contributed by atoms with Crippen LogP contribution >= 0.6 is 11.3 Å². The number of aromatic nitrogens is 2. The van der Waals surface area contributed by atoms with Crippen molar-refractivity contribution in [1.29, 1.82) is 0 Å². The van der Waals surface area contributed by atoms with E-state index >= 15 is 0 Å². The first-order chi connectivity index (χ1) is 13.0. The van der Waals surface area contributed by atoms with E-state index in [1.54, 1.807) is 36.2 Å². The summed E-state index contributed by atoms with van der Waals surface area (Å²) < 4.78 is 26.6. The highest BCUT2D eigenvalue weighted by molar-refractivity contribution is 7.18. The van der Waals surface area contributed by atoms with Gasteiger partial charge in [0, 0.05) is 24.8 Å². The first-order valence-corrected chi connectivity index (χ1v) is 9.21. The molecule has 0 aliphatic heterocycles. The van der Waals surface area contributed by atoms with Crippen LogP contribution in [0.1, 0.15) is 13.3 Å². The Labute approximate surface area is 159 Å². The van der Waals surface area contributed by atoms with Gasteiger partial charge in [0.1, 0.15) is 16.6 Å². The fourth-order valence-corrected chi connectivity index (χ4v) is 3.33. The second kappa shape index (κ2) is 8.22. The molecule has 0 saturated carbocycles. The number of carbonyl (C=O) groups excluding carboxylic acids is 1. The van der Waals surface area contributed by atoms with Crippen LogP contribution in [-0.4, -0.2) is 29.8 Å². The van der Waals surface area contributed by atoms with Gasteiger partial charge in [0.05, 0.1) is 0 Å². The Morgan fingerprint density at radius 1 is 1.07 bits per heavy atom. The zero-order chi connectivity index (χ0) is 19.4. The van der Waals surface area contributed by atoms with Crippen LogP contribution in [0.25, 0.3) is 10.6 Å². The highest BCUT2D eigenvalue weighted by atomic mass is 32.1. The minimum atomic E-state index is -0.362. The molecule has 0 unspecified atom stereocenters. The number of carbonyl (C=O) groups is 1. The molecule has 0 saturated heterocycles. The van der Waals surface area contributed by atoms with Gasteiger partial charge in [0.2, 0.25) is 5.13 Å². The standard InChI is InChI=1S/C19H18F2N4OS/c1-3-11-25(16-9-7-14(20)8-10-16)19(26)24(2)18-23-22-17(27-18)13-5-4-6-15(21)12-13/h4-10,12H,3,11H2,1-2H3. The minimum absolute atomic E-state index is 0.301. The SMILES string of the molecule is CCCN(C(=O)N(C)c1nnc(-c2cccc(F)c2)s1)c1ccc(F)cc1. The fourth-order valence-electron chi connectivity index (χ4n) is 2.53. The number of rotatable bonds is 5. The van der Waals surface area contributed by atoms with Gasteiger partial charge in [-0.05, 0) is 42.8 Å². The highest BCUT2D eigenvalue weighted by Crippen LogP contribution is 2.29. The Morgan fingerprint density at radius 2 is 1.81 bits per heavy atom. The Balaban J connectivity index is 1.84. The predicted octanol–water partition coefficient (Wildman–Crippen LogP) is 4.96. The van der Waals surface area contributed by atoms with E-state index in [4.69, 9.17) is 0 Å². The zero-order valence-corrected chi connectivity index (χ0v) is 15.7. The molecule has 0 bridgehead atoms. The number of amides is 2. The first-order valence-electron chi connectivity index (χ1n) is 8.40. The van der Waals surface area contributed by atoms with Crippen molar-refractivity contribution in [3.8, 4) is 10.6 Å². The molecule has 8 heteroatoms. The van der Waals surface area contributed by atoms with E-state index in [9.17, 15) is 13.6 Å². The van der Waals surface area contributed by atoms with E-state index in [2.05, 4.69) is 10.2 Å². The molecule has 3 rings (SSSR count). The van der Waals surface area contributed by atoms with E-state index < -0.39 is 0 Å². The van der Waals surface area contributed by atoms with Crippen LogP contribution in [0, 0.1) is 11.6 Å². The predicted molar refractivity (Wildman–Crippen MR) is 103 cm³/mol. The summed E-state index contributed by atoms with van der Waals surface area (Å²) in [5.74, 6) is -0.723. The lowest BCUT2D eigenvalue weighted by Crippen LogP contribution is -2.42. The highest BCUT2D eigenvalue weighted by Gasteiger charge is 2.23. The van der Waals surface area contributed by atoms with Crippen LogP contribution in [-0.2, 0) is 0 Å². The lowest BCUT2D eigenvalue weighted by Gasteiger charge is -2.26. The van der Waals surface area contributed by atoms with Gasteiger partial charge >= 0.3 is 6.03 Å². The third-order valence-electron chi connectivity index (χ3n) is 3.88. The van der Waals surface area contributed by atoms with Crippen molar-refractivity contribution >= 4 is 28.2 Å². The van der Waals surface area contributed by atoms with Gasteiger partial charge in [-0.2, -0.15) is 0 Å². The third kappa shape index (κ3) is 4.28. The van der Waals surface area contributed by atoms with Crippen LogP contribution in [0.5, 0.6) is 0 Å². The van der Waals surface area contributed by atoms with Crippen LogP contribution < -0.4 is 9.80 Å². The summed E-state index contributed by atoms with van der Waals surface area (Å²) in [6, 6.07) is 11.5. The molecule has 27 heavy (non-hydrogen) atoms. The molecule has 0 N–H and O–H groups in total. The molecule has 140 valence electrons. The quantitative estimate of drug-likeness (QED) is 0.621. The first kappa shape index (κ1) is 18.9. The van der Waals surface area contributed by atoms with Crippen molar-refractivity contribution in [1.82, 2.24) is 10.2 Å². The van der Waals surface area contributed by atoms with Crippen molar-refractivity contribution in [2.45, 2.75) is 13.3 Å². The van der Waals surface area contributed by atoms with Gasteiger partial charge in [0.25, 0.3) is 0 Å². The van der Waals surface area contributed by atoms with E-state index in [1.807, 2.05) is 6.92 Å². The number of nitrogens with zero attached hydrogens (tertiary/aromatic N) is 4. The molecule has 0 fully saturated rings. The van der Waals surface area contributed by atoms with Gasteiger partial charge < -0.3 is 0 Å². The molecule has 5 nitrogen and oxygen atoms in total. The Morgan fingerprint density at radius 3 is 2.48 bits per heavy atom. The lowest BCUT2D eigenvalue weighted by molar-refractivity contribution is 0.252. The normalized spacial score (nSPS) is 10.7. The van der Waals surface area contributed by atoms with Crippen molar-refractivity contribution in [3.63, 3.8) is 0 Å². The summed E-state index contributed by atoms with van der Waals surface area (Å²) >= 11 is 1.19. The maximum Gasteiger partial charge on any atom is 0.330 e. The molecule has 1 aromatic heterocycles. The average molecular weight is 388 g/mol. The van der Waals surface area contributed by atoms with E-state index in [1.165, 1.54) is 40.5 Å². The lowest BCUT2D eigenvalue weighted by atomic mass is 10.2. The van der Waals surface area contributed by atoms with Crippen molar-refractivity contribution in [3.05, 3.63) is 60.2 Å². The topological polar surface area (TPSA) is 49.3 Å². The second-order valence-corrected chi connectivity index (χ2v) is 6.83. The summed E-state index contributed by atoms with van der Waals surface area (Å²) in [6.07, 6.45) is 0.738. The summed E-state index contributed by atoms with van der Waals surface area (Å²) in [4.78, 5) is 15.9. The second-order valence-electron chi connectivity index (χ2n) is 5.87. The molecule has 0 aliphatic rings. The number of anilines is 2. The minimum Gasteiger partial charge on any atom is -0.294 e. The monoisotopic (exact) mass is 388 g/mol. The number of halogens is 2. The number of urea groups is 1. The van der Waals surface area contributed by atoms with Gasteiger partial charge in [-0.25, -0.2) is 13.6 Å². The largest absolute Gasteiger partial charge is 0.330 e.